The number of amides is 1. The standard InChI is InChI=1S/C16H23NO2S/c1-12-3-4-14(13(2)9-12)5-6-15(18)17-10-16(19)7-8-20-11-16/h3-4,9,19H,5-8,10-11H2,1-2H3,(H,17,18). The van der Waals surface area contributed by atoms with E-state index in [0.717, 1.165) is 24.3 Å². The molecule has 0 spiro atoms. The second kappa shape index (κ2) is 6.64. The number of carbonyl (C=O) groups excluding carboxylic acids is 1. The molecule has 0 aromatic heterocycles. The Kier molecular flexibility index (Phi) is 5.11. The molecule has 2 rings (SSSR count). The van der Waals surface area contributed by atoms with Gasteiger partial charge >= 0.3 is 0 Å². The highest BCUT2D eigenvalue weighted by Gasteiger charge is 2.31. The number of thioether (sulfide) groups is 1. The number of hydrogen-bond acceptors (Lipinski definition) is 3. The van der Waals surface area contributed by atoms with Crippen LogP contribution >= 0.6 is 11.8 Å². The van der Waals surface area contributed by atoms with Crippen molar-refractivity contribution >= 4 is 17.7 Å². The normalized spacial score (nSPS) is 21.9. The average molecular weight is 293 g/mol. The van der Waals surface area contributed by atoms with Gasteiger partial charge in [-0.05, 0) is 43.6 Å². The summed E-state index contributed by atoms with van der Waals surface area (Å²) in [4.78, 5) is 11.9. The summed E-state index contributed by atoms with van der Waals surface area (Å²) in [7, 11) is 0. The Hall–Kier alpha value is -1.00. The lowest BCUT2D eigenvalue weighted by Gasteiger charge is -2.21. The SMILES string of the molecule is Cc1ccc(CCC(=O)NCC2(O)CCSC2)c(C)c1. The Bertz CT molecular complexity index is 481. The number of carbonyl (C=O) groups is 1. The van der Waals surface area contributed by atoms with Crippen LogP contribution in [0.3, 0.4) is 0 Å². The number of aryl methyl sites for hydroxylation is 3. The third-order valence-electron chi connectivity index (χ3n) is 3.82. The molecule has 1 atom stereocenters. The predicted molar refractivity (Wildman–Crippen MR) is 84.1 cm³/mol. The number of nitrogens with one attached hydrogen (secondary N) is 1. The van der Waals surface area contributed by atoms with Gasteiger partial charge in [0.25, 0.3) is 0 Å². The summed E-state index contributed by atoms with van der Waals surface area (Å²) in [6.07, 6.45) is 2.01. The van der Waals surface area contributed by atoms with Crippen molar-refractivity contribution in [3.63, 3.8) is 0 Å². The van der Waals surface area contributed by atoms with Crippen molar-refractivity contribution in [3.8, 4) is 0 Å². The first-order chi connectivity index (χ1) is 9.48. The highest BCUT2D eigenvalue weighted by Crippen LogP contribution is 2.26. The number of hydrogen-bond donors (Lipinski definition) is 2. The molecule has 1 unspecified atom stereocenters. The van der Waals surface area contributed by atoms with Crippen LogP contribution in [0.4, 0.5) is 0 Å². The molecule has 2 N–H and O–H groups in total. The number of benzene rings is 1. The van der Waals surface area contributed by atoms with Gasteiger partial charge in [-0.1, -0.05) is 23.8 Å². The van der Waals surface area contributed by atoms with Crippen LogP contribution in [0.5, 0.6) is 0 Å². The zero-order valence-corrected chi connectivity index (χ0v) is 13.1. The Morgan fingerprint density at radius 1 is 1.45 bits per heavy atom. The van der Waals surface area contributed by atoms with Crippen LogP contribution in [-0.4, -0.2) is 34.7 Å². The second-order valence-corrected chi connectivity index (χ2v) is 6.84. The molecule has 20 heavy (non-hydrogen) atoms. The third kappa shape index (κ3) is 4.25. The summed E-state index contributed by atoms with van der Waals surface area (Å²) < 4.78 is 0. The van der Waals surface area contributed by atoms with Crippen LogP contribution in [0.1, 0.15) is 29.5 Å². The zero-order valence-electron chi connectivity index (χ0n) is 12.2. The van der Waals surface area contributed by atoms with E-state index in [-0.39, 0.29) is 5.91 Å². The van der Waals surface area contributed by atoms with Crippen molar-refractivity contribution in [2.75, 3.05) is 18.1 Å². The lowest BCUT2D eigenvalue weighted by Crippen LogP contribution is -2.43. The largest absolute Gasteiger partial charge is 0.387 e. The fourth-order valence-corrected chi connectivity index (χ4v) is 3.76. The summed E-state index contributed by atoms with van der Waals surface area (Å²) in [5, 5.41) is 13.0. The quantitative estimate of drug-likeness (QED) is 0.875. The summed E-state index contributed by atoms with van der Waals surface area (Å²) >= 11 is 1.74. The summed E-state index contributed by atoms with van der Waals surface area (Å²) in [5.74, 6) is 1.73. The first-order valence-corrected chi connectivity index (χ1v) is 8.27. The first-order valence-electron chi connectivity index (χ1n) is 7.11. The van der Waals surface area contributed by atoms with Crippen LogP contribution in [0.15, 0.2) is 18.2 Å². The van der Waals surface area contributed by atoms with E-state index < -0.39 is 5.60 Å². The molecule has 0 saturated carbocycles. The highest BCUT2D eigenvalue weighted by atomic mass is 32.2. The molecule has 1 aliphatic heterocycles. The molecule has 1 fully saturated rings. The van der Waals surface area contributed by atoms with E-state index >= 15 is 0 Å². The summed E-state index contributed by atoms with van der Waals surface area (Å²) in [6, 6.07) is 6.32. The molecule has 1 saturated heterocycles. The van der Waals surface area contributed by atoms with Gasteiger partial charge in [-0.2, -0.15) is 11.8 Å². The van der Waals surface area contributed by atoms with E-state index in [1.165, 1.54) is 16.7 Å². The Balaban J connectivity index is 1.77. The molecule has 4 heteroatoms. The molecule has 1 amide bonds. The van der Waals surface area contributed by atoms with E-state index in [1.54, 1.807) is 11.8 Å². The molecular formula is C16H23NO2S. The lowest BCUT2D eigenvalue weighted by atomic mass is 10.0. The van der Waals surface area contributed by atoms with Crippen molar-refractivity contribution < 1.29 is 9.90 Å². The summed E-state index contributed by atoms with van der Waals surface area (Å²) in [5.41, 5.74) is 3.02. The van der Waals surface area contributed by atoms with Gasteiger partial charge in [0.2, 0.25) is 5.91 Å². The minimum Gasteiger partial charge on any atom is -0.387 e. The van der Waals surface area contributed by atoms with Crippen molar-refractivity contribution in [1.29, 1.82) is 0 Å². The van der Waals surface area contributed by atoms with Gasteiger partial charge in [0.05, 0.1) is 5.60 Å². The fourth-order valence-electron chi connectivity index (χ4n) is 2.46. The molecule has 1 aliphatic rings. The van der Waals surface area contributed by atoms with Crippen LogP contribution in [0.2, 0.25) is 0 Å². The molecule has 0 radical (unpaired) electrons. The maximum absolute atomic E-state index is 11.9. The number of aliphatic hydroxyl groups is 1. The lowest BCUT2D eigenvalue weighted by molar-refractivity contribution is -0.122. The van der Waals surface area contributed by atoms with Gasteiger partial charge in [0.15, 0.2) is 0 Å². The van der Waals surface area contributed by atoms with Gasteiger partial charge in [-0.25, -0.2) is 0 Å². The number of rotatable bonds is 5. The van der Waals surface area contributed by atoms with Crippen molar-refractivity contribution in [2.45, 2.75) is 38.7 Å². The van der Waals surface area contributed by atoms with Gasteiger partial charge in [0, 0.05) is 18.7 Å². The Labute approximate surface area is 125 Å². The topological polar surface area (TPSA) is 49.3 Å². The van der Waals surface area contributed by atoms with Gasteiger partial charge in [0.1, 0.15) is 0 Å². The van der Waals surface area contributed by atoms with Crippen LogP contribution in [0, 0.1) is 13.8 Å². The van der Waals surface area contributed by atoms with E-state index in [2.05, 4.69) is 37.4 Å². The second-order valence-electron chi connectivity index (χ2n) is 5.73. The van der Waals surface area contributed by atoms with Gasteiger partial charge < -0.3 is 10.4 Å². The van der Waals surface area contributed by atoms with Crippen molar-refractivity contribution in [2.24, 2.45) is 0 Å². The fraction of sp³-hybridized carbons (Fsp3) is 0.562. The monoisotopic (exact) mass is 293 g/mol. The maximum Gasteiger partial charge on any atom is 0.220 e. The van der Waals surface area contributed by atoms with Gasteiger partial charge in [-0.15, -0.1) is 0 Å². The molecule has 3 nitrogen and oxygen atoms in total. The van der Waals surface area contributed by atoms with E-state index in [9.17, 15) is 9.90 Å². The van der Waals surface area contributed by atoms with Crippen molar-refractivity contribution in [3.05, 3.63) is 34.9 Å². The molecule has 0 aliphatic carbocycles. The average Bonchev–Trinajstić information content (AvgIpc) is 2.83. The van der Waals surface area contributed by atoms with Crippen LogP contribution in [0.25, 0.3) is 0 Å². The Morgan fingerprint density at radius 3 is 2.90 bits per heavy atom. The highest BCUT2D eigenvalue weighted by molar-refractivity contribution is 7.99. The van der Waals surface area contributed by atoms with E-state index in [0.29, 0.717) is 13.0 Å². The molecule has 1 aromatic rings. The Morgan fingerprint density at radius 2 is 2.25 bits per heavy atom. The first kappa shape index (κ1) is 15.4. The maximum atomic E-state index is 11.9. The molecule has 1 aromatic carbocycles. The van der Waals surface area contributed by atoms with Crippen molar-refractivity contribution in [1.82, 2.24) is 5.32 Å². The van der Waals surface area contributed by atoms with Gasteiger partial charge in [-0.3, -0.25) is 4.79 Å². The van der Waals surface area contributed by atoms with Crippen LogP contribution < -0.4 is 5.32 Å². The van der Waals surface area contributed by atoms with E-state index in [4.69, 9.17) is 0 Å². The van der Waals surface area contributed by atoms with E-state index in [1.807, 2.05) is 0 Å². The zero-order chi connectivity index (χ0) is 14.6. The third-order valence-corrected chi connectivity index (χ3v) is 5.05. The minimum atomic E-state index is -0.694. The molecule has 1 heterocycles. The minimum absolute atomic E-state index is 0.0234. The molecule has 110 valence electrons. The predicted octanol–water partition coefficient (Wildman–Crippen LogP) is 2.22. The smallest absolute Gasteiger partial charge is 0.220 e. The molecular weight excluding hydrogens is 270 g/mol. The molecule has 0 bridgehead atoms. The van der Waals surface area contributed by atoms with Crippen LogP contribution in [-0.2, 0) is 11.2 Å². The summed E-state index contributed by atoms with van der Waals surface area (Å²) in [6.45, 7) is 4.54.